The predicted molar refractivity (Wildman–Crippen MR) is 55.1 cm³/mol. The van der Waals surface area contributed by atoms with Crippen LogP contribution in [0.4, 0.5) is 0 Å². The Balaban J connectivity index is 2.87. The molecule has 1 heteroatoms. The average Bonchev–Trinajstić information content (AvgIpc) is 2.02. The zero-order valence-corrected chi connectivity index (χ0v) is 8.47. The summed E-state index contributed by atoms with van der Waals surface area (Å²) in [7, 11) is 4.25. The lowest BCUT2D eigenvalue weighted by Gasteiger charge is -2.08. The second kappa shape index (κ2) is 8.62. The zero-order chi connectivity index (χ0) is 9.23. The molecule has 1 nitrogen and oxygen atoms in total. The molecule has 0 aliphatic rings. The molecule has 0 aliphatic heterocycles. The third-order valence-electron chi connectivity index (χ3n) is 1.93. The Hall–Kier alpha value is -0.480. The van der Waals surface area contributed by atoms with Crippen molar-refractivity contribution in [1.29, 1.82) is 0 Å². The van der Waals surface area contributed by atoms with Gasteiger partial charge in [-0.2, -0.15) is 0 Å². The highest BCUT2D eigenvalue weighted by Gasteiger charge is 1.91. The van der Waals surface area contributed by atoms with E-state index in [4.69, 9.17) is 6.42 Å². The van der Waals surface area contributed by atoms with Crippen molar-refractivity contribution >= 4 is 0 Å². The van der Waals surface area contributed by atoms with Crippen LogP contribution in [0, 0.1) is 12.3 Å². The molecule has 0 radical (unpaired) electrons. The van der Waals surface area contributed by atoms with Crippen LogP contribution in [0.5, 0.6) is 0 Å². The van der Waals surface area contributed by atoms with Gasteiger partial charge in [0, 0.05) is 6.42 Å². The van der Waals surface area contributed by atoms with Gasteiger partial charge in [0.2, 0.25) is 0 Å². The summed E-state index contributed by atoms with van der Waals surface area (Å²) in [6.07, 6.45) is 12.6. The summed E-state index contributed by atoms with van der Waals surface area (Å²) in [6, 6.07) is 0. The van der Waals surface area contributed by atoms with Gasteiger partial charge in [0.1, 0.15) is 0 Å². The molecule has 0 bridgehead atoms. The highest BCUT2D eigenvalue weighted by molar-refractivity contribution is 4.82. The van der Waals surface area contributed by atoms with Crippen molar-refractivity contribution in [3.63, 3.8) is 0 Å². The molecule has 0 aromatic heterocycles. The van der Waals surface area contributed by atoms with Crippen LogP contribution in [0.15, 0.2) is 0 Å². The molecule has 0 unspecified atom stereocenters. The van der Waals surface area contributed by atoms with E-state index in [0.29, 0.717) is 0 Å². The standard InChI is InChI=1S/C11H21N/c1-4-5-6-7-8-9-10-11-12(2)3/h1H,5-11H2,2-3H3. The summed E-state index contributed by atoms with van der Waals surface area (Å²) >= 11 is 0. The molecule has 0 atom stereocenters. The van der Waals surface area contributed by atoms with E-state index in [0.717, 1.165) is 6.42 Å². The van der Waals surface area contributed by atoms with Crippen molar-refractivity contribution < 1.29 is 0 Å². The van der Waals surface area contributed by atoms with Gasteiger partial charge in [-0.05, 0) is 33.5 Å². The molecule has 0 aromatic carbocycles. The second-order valence-corrected chi connectivity index (χ2v) is 3.53. The van der Waals surface area contributed by atoms with Crippen LogP contribution < -0.4 is 0 Å². The van der Waals surface area contributed by atoms with E-state index in [-0.39, 0.29) is 0 Å². The molecule has 0 aliphatic carbocycles. The Bertz CT molecular complexity index is 121. The minimum Gasteiger partial charge on any atom is -0.309 e. The van der Waals surface area contributed by atoms with E-state index in [1.807, 2.05) is 0 Å². The fraction of sp³-hybridized carbons (Fsp3) is 0.818. The lowest BCUT2D eigenvalue weighted by Crippen LogP contribution is -2.12. The number of rotatable bonds is 7. The van der Waals surface area contributed by atoms with Crippen molar-refractivity contribution in [2.24, 2.45) is 0 Å². The highest BCUT2D eigenvalue weighted by Crippen LogP contribution is 2.04. The molecule has 12 heavy (non-hydrogen) atoms. The third kappa shape index (κ3) is 9.52. The van der Waals surface area contributed by atoms with E-state index in [1.165, 1.54) is 38.6 Å². The molecule has 0 N–H and O–H groups in total. The quantitative estimate of drug-likeness (QED) is 0.416. The molecule has 0 amide bonds. The number of hydrogen-bond donors (Lipinski definition) is 0. The molecular formula is C11H21N. The number of unbranched alkanes of at least 4 members (excludes halogenated alkanes) is 5. The van der Waals surface area contributed by atoms with Crippen LogP contribution in [-0.2, 0) is 0 Å². The smallest absolute Gasteiger partial charge is 0.00860 e. The van der Waals surface area contributed by atoms with Crippen LogP contribution in [0.25, 0.3) is 0 Å². The van der Waals surface area contributed by atoms with Gasteiger partial charge in [0.05, 0.1) is 0 Å². The summed E-state index contributed by atoms with van der Waals surface area (Å²) in [5.74, 6) is 2.67. The minimum absolute atomic E-state index is 0.952. The second-order valence-electron chi connectivity index (χ2n) is 3.53. The van der Waals surface area contributed by atoms with Gasteiger partial charge in [-0.25, -0.2) is 0 Å². The Morgan fingerprint density at radius 2 is 1.58 bits per heavy atom. The van der Waals surface area contributed by atoms with E-state index in [1.54, 1.807) is 0 Å². The van der Waals surface area contributed by atoms with E-state index in [2.05, 4.69) is 24.9 Å². The lowest BCUT2D eigenvalue weighted by atomic mass is 10.1. The Labute approximate surface area is 77.1 Å². The highest BCUT2D eigenvalue weighted by atomic mass is 15.0. The SMILES string of the molecule is C#CCCCCCCCN(C)C. The number of nitrogens with zero attached hydrogens (tertiary/aromatic N) is 1. The lowest BCUT2D eigenvalue weighted by molar-refractivity contribution is 0.390. The van der Waals surface area contributed by atoms with Gasteiger partial charge in [0.15, 0.2) is 0 Å². The maximum atomic E-state index is 5.15. The van der Waals surface area contributed by atoms with Crippen molar-refractivity contribution in [1.82, 2.24) is 4.90 Å². The Morgan fingerprint density at radius 1 is 1.00 bits per heavy atom. The average molecular weight is 167 g/mol. The minimum atomic E-state index is 0.952. The normalized spacial score (nSPS) is 10.2. The number of hydrogen-bond acceptors (Lipinski definition) is 1. The first-order chi connectivity index (χ1) is 5.77. The first-order valence-corrected chi connectivity index (χ1v) is 4.85. The van der Waals surface area contributed by atoms with Gasteiger partial charge in [-0.1, -0.05) is 19.3 Å². The fourth-order valence-corrected chi connectivity index (χ4v) is 1.19. The van der Waals surface area contributed by atoms with Crippen LogP contribution in [-0.4, -0.2) is 25.5 Å². The molecule has 0 heterocycles. The van der Waals surface area contributed by atoms with Crippen LogP contribution in [0.2, 0.25) is 0 Å². The van der Waals surface area contributed by atoms with Crippen LogP contribution in [0.1, 0.15) is 38.5 Å². The maximum Gasteiger partial charge on any atom is 0.00860 e. The van der Waals surface area contributed by atoms with Gasteiger partial charge >= 0.3 is 0 Å². The van der Waals surface area contributed by atoms with E-state index in [9.17, 15) is 0 Å². The summed E-state index contributed by atoms with van der Waals surface area (Å²) in [6.45, 7) is 1.22. The van der Waals surface area contributed by atoms with Crippen molar-refractivity contribution in [3.8, 4) is 12.3 Å². The molecule has 0 fully saturated rings. The van der Waals surface area contributed by atoms with Crippen molar-refractivity contribution in [2.75, 3.05) is 20.6 Å². The van der Waals surface area contributed by atoms with Crippen LogP contribution >= 0.6 is 0 Å². The first-order valence-electron chi connectivity index (χ1n) is 4.85. The summed E-state index contributed by atoms with van der Waals surface area (Å²) in [5.41, 5.74) is 0. The zero-order valence-electron chi connectivity index (χ0n) is 8.47. The van der Waals surface area contributed by atoms with Crippen molar-refractivity contribution in [3.05, 3.63) is 0 Å². The molecule has 0 spiro atoms. The van der Waals surface area contributed by atoms with E-state index >= 15 is 0 Å². The molecule has 0 saturated heterocycles. The first kappa shape index (κ1) is 11.5. The summed E-state index contributed by atoms with van der Waals surface area (Å²) < 4.78 is 0. The largest absolute Gasteiger partial charge is 0.309 e. The summed E-state index contributed by atoms with van der Waals surface area (Å²) in [5, 5.41) is 0. The molecule has 0 saturated carbocycles. The van der Waals surface area contributed by atoms with Gasteiger partial charge in [-0.3, -0.25) is 0 Å². The molecular weight excluding hydrogens is 146 g/mol. The molecule has 70 valence electrons. The predicted octanol–water partition coefficient (Wildman–Crippen LogP) is 2.52. The van der Waals surface area contributed by atoms with Gasteiger partial charge in [-0.15, -0.1) is 12.3 Å². The Morgan fingerprint density at radius 3 is 2.17 bits per heavy atom. The maximum absolute atomic E-state index is 5.15. The molecule has 0 rings (SSSR count). The monoisotopic (exact) mass is 167 g/mol. The Kier molecular flexibility index (Phi) is 8.27. The van der Waals surface area contributed by atoms with Gasteiger partial charge in [0.25, 0.3) is 0 Å². The molecule has 0 aromatic rings. The topological polar surface area (TPSA) is 3.24 Å². The van der Waals surface area contributed by atoms with Crippen molar-refractivity contribution in [2.45, 2.75) is 38.5 Å². The van der Waals surface area contributed by atoms with E-state index < -0.39 is 0 Å². The van der Waals surface area contributed by atoms with Crippen LogP contribution in [0.3, 0.4) is 0 Å². The number of terminal acetylenes is 1. The van der Waals surface area contributed by atoms with Gasteiger partial charge < -0.3 is 4.90 Å². The fourth-order valence-electron chi connectivity index (χ4n) is 1.19. The summed E-state index contributed by atoms with van der Waals surface area (Å²) in [4.78, 5) is 2.24. The third-order valence-corrected chi connectivity index (χ3v) is 1.93.